The Morgan fingerprint density at radius 2 is 2.11 bits per heavy atom. The van der Waals surface area contributed by atoms with Gasteiger partial charge in [0.1, 0.15) is 5.82 Å². The predicted molar refractivity (Wildman–Crippen MR) is 85.4 cm³/mol. The predicted octanol–water partition coefficient (Wildman–Crippen LogP) is 3.17. The van der Waals surface area contributed by atoms with Gasteiger partial charge in [-0.15, -0.1) is 0 Å². The standard InChI is InChI=1S/C14H22ClN3S/c1-4-16-6-12-5-13(15)14(17-7-12)18-8-10(2)19-11(3)9-18/h5,7,10-11,16H,4,6,8-9H2,1-3H3. The fourth-order valence-corrected chi connectivity index (χ4v) is 4.05. The van der Waals surface area contributed by atoms with E-state index < -0.39 is 0 Å². The largest absolute Gasteiger partial charge is 0.353 e. The lowest BCUT2D eigenvalue weighted by Gasteiger charge is -2.35. The van der Waals surface area contributed by atoms with Crippen LogP contribution in [0.3, 0.4) is 0 Å². The topological polar surface area (TPSA) is 28.2 Å². The van der Waals surface area contributed by atoms with Gasteiger partial charge in [0.25, 0.3) is 0 Å². The van der Waals surface area contributed by atoms with Crippen LogP contribution >= 0.6 is 23.4 Å². The van der Waals surface area contributed by atoms with Crippen molar-refractivity contribution < 1.29 is 0 Å². The summed E-state index contributed by atoms with van der Waals surface area (Å²) in [5, 5.41) is 5.31. The van der Waals surface area contributed by atoms with Crippen molar-refractivity contribution in [3.05, 3.63) is 22.8 Å². The van der Waals surface area contributed by atoms with Gasteiger partial charge in [0.2, 0.25) is 0 Å². The minimum absolute atomic E-state index is 0.628. The average molecular weight is 300 g/mol. The van der Waals surface area contributed by atoms with Gasteiger partial charge in [0.05, 0.1) is 5.02 Å². The Kier molecular flexibility index (Phi) is 5.37. The Labute approximate surface area is 125 Å². The number of nitrogens with zero attached hydrogens (tertiary/aromatic N) is 2. The highest BCUT2D eigenvalue weighted by atomic mass is 35.5. The molecule has 1 N–H and O–H groups in total. The summed E-state index contributed by atoms with van der Waals surface area (Å²) in [5.41, 5.74) is 1.14. The Bertz CT molecular complexity index is 417. The first-order chi connectivity index (χ1) is 9.10. The number of pyridine rings is 1. The second kappa shape index (κ2) is 6.82. The molecule has 0 bridgehead atoms. The van der Waals surface area contributed by atoms with Crippen molar-refractivity contribution in [3.63, 3.8) is 0 Å². The van der Waals surface area contributed by atoms with Crippen LogP contribution in [0.5, 0.6) is 0 Å². The molecule has 0 radical (unpaired) electrons. The van der Waals surface area contributed by atoms with E-state index in [1.807, 2.05) is 24.0 Å². The summed E-state index contributed by atoms with van der Waals surface area (Å²) >= 11 is 8.44. The van der Waals surface area contributed by atoms with E-state index in [1.165, 1.54) is 0 Å². The maximum absolute atomic E-state index is 6.40. The molecule has 2 unspecified atom stereocenters. The van der Waals surface area contributed by atoms with Crippen molar-refractivity contribution in [2.75, 3.05) is 24.5 Å². The molecule has 0 saturated carbocycles. The van der Waals surface area contributed by atoms with Crippen LogP contribution in [-0.2, 0) is 6.54 Å². The fourth-order valence-electron chi connectivity index (χ4n) is 2.42. The van der Waals surface area contributed by atoms with Crippen LogP contribution in [0.25, 0.3) is 0 Å². The van der Waals surface area contributed by atoms with Crippen molar-refractivity contribution >= 4 is 29.2 Å². The number of rotatable bonds is 4. The Balaban J connectivity index is 2.11. The van der Waals surface area contributed by atoms with E-state index >= 15 is 0 Å². The van der Waals surface area contributed by atoms with Crippen molar-refractivity contribution in [3.8, 4) is 0 Å². The molecule has 2 atom stereocenters. The third-order valence-corrected chi connectivity index (χ3v) is 4.68. The fraction of sp³-hybridized carbons (Fsp3) is 0.643. The van der Waals surface area contributed by atoms with Crippen LogP contribution in [0.15, 0.2) is 12.3 Å². The van der Waals surface area contributed by atoms with Crippen molar-refractivity contribution in [2.45, 2.75) is 37.8 Å². The molecule has 0 aromatic carbocycles. The Hall–Kier alpha value is -0.450. The molecule has 1 aliphatic rings. The molecule has 0 aliphatic carbocycles. The molecule has 106 valence electrons. The molecule has 19 heavy (non-hydrogen) atoms. The maximum atomic E-state index is 6.40. The van der Waals surface area contributed by atoms with E-state index in [9.17, 15) is 0 Å². The Morgan fingerprint density at radius 3 is 2.68 bits per heavy atom. The van der Waals surface area contributed by atoms with Gasteiger partial charge in [0, 0.05) is 36.3 Å². The Morgan fingerprint density at radius 1 is 1.42 bits per heavy atom. The average Bonchev–Trinajstić information content (AvgIpc) is 2.35. The molecule has 1 fully saturated rings. The normalized spacial score (nSPS) is 23.7. The molecule has 3 nitrogen and oxygen atoms in total. The third kappa shape index (κ3) is 4.01. The van der Waals surface area contributed by atoms with Gasteiger partial charge in [-0.1, -0.05) is 32.4 Å². The minimum Gasteiger partial charge on any atom is -0.353 e. The molecule has 0 amide bonds. The molecule has 2 rings (SSSR count). The first-order valence-corrected chi connectivity index (χ1v) is 8.17. The summed E-state index contributed by atoms with van der Waals surface area (Å²) in [6.07, 6.45) is 1.93. The molecule has 1 aromatic rings. The second-order valence-corrected chi connectivity index (χ2v) is 7.38. The molecule has 0 spiro atoms. The summed E-state index contributed by atoms with van der Waals surface area (Å²) in [4.78, 5) is 6.88. The van der Waals surface area contributed by atoms with Crippen LogP contribution in [0.4, 0.5) is 5.82 Å². The van der Waals surface area contributed by atoms with Crippen LogP contribution in [0.2, 0.25) is 5.02 Å². The number of anilines is 1. The number of nitrogens with one attached hydrogen (secondary N) is 1. The number of halogens is 1. The summed E-state index contributed by atoms with van der Waals surface area (Å²) in [6, 6.07) is 2.03. The van der Waals surface area contributed by atoms with Crippen LogP contribution in [0, 0.1) is 0 Å². The van der Waals surface area contributed by atoms with Gasteiger partial charge < -0.3 is 10.2 Å². The SMILES string of the molecule is CCNCc1cnc(N2CC(C)SC(C)C2)c(Cl)c1. The molecular formula is C14H22ClN3S. The van der Waals surface area contributed by atoms with E-state index in [2.05, 4.69) is 36.0 Å². The lowest BCUT2D eigenvalue weighted by Crippen LogP contribution is -2.41. The molecular weight excluding hydrogens is 278 g/mol. The minimum atomic E-state index is 0.628. The van der Waals surface area contributed by atoms with E-state index in [1.54, 1.807) is 0 Å². The van der Waals surface area contributed by atoms with Crippen LogP contribution in [0.1, 0.15) is 26.3 Å². The monoisotopic (exact) mass is 299 g/mol. The quantitative estimate of drug-likeness (QED) is 0.924. The number of hydrogen-bond acceptors (Lipinski definition) is 4. The molecule has 1 aromatic heterocycles. The van der Waals surface area contributed by atoms with Gasteiger partial charge in [-0.05, 0) is 18.2 Å². The highest BCUT2D eigenvalue weighted by Crippen LogP contribution is 2.31. The zero-order chi connectivity index (χ0) is 13.8. The first-order valence-electron chi connectivity index (χ1n) is 6.85. The van der Waals surface area contributed by atoms with E-state index in [-0.39, 0.29) is 0 Å². The molecule has 1 saturated heterocycles. The van der Waals surface area contributed by atoms with E-state index in [0.29, 0.717) is 10.5 Å². The van der Waals surface area contributed by atoms with Crippen LogP contribution < -0.4 is 10.2 Å². The van der Waals surface area contributed by atoms with Crippen LogP contribution in [-0.4, -0.2) is 35.1 Å². The second-order valence-electron chi connectivity index (χ2n) is 5.09. The lowest BCUT2D eigenvalue weighted by atomic mass is 10.2. The number of hydrogen-bond donors (Lipinski definition) is 1. The molecule has 2 heterocycles. The van der Waals surface area contributed by atoms with Crippen molar-refractivity contribution in [1.29, 1.82) is 0 Å². The molecule has 1 aliphatic heterocycles. The number of aromatic nitrogens is 1. The summed E-state index contributed by atoms with van der Waals surface area (Å²) < 4.78 is 0. The van der Waals surface area contributed by atoms with Gasteiger partial charge in [-0.3, -0.25) is 0 Å². The summed E-state index contributed by atoms with van der Waals surface area (Å²) in [7, 11) is 0. The van der Waals surface area contributed by atoms with Gasteiger partial charge in [0.15, 0.2) is 0 Å². The van der Waals surface area contributed by atoms with Gasteiger partial charge in [-0.25, -0.2) is 4.98 Å². The summed E-state index contributed by atoms with van der Waals surface area (Å²) in [6.45, 7) is 10.4. The zero-order valence-electron chi connectivity index (χ0n) is 11.8. The zero-order valence-corrected chi connectivity index (χ0v) is 13.4. The highest BCUT2D eigenvalue weighted by molar-refractivity contribution is 8.00. The lowest BCUT2D eigenvalue weighted by molar-refractivity contribution is 0.710. The maximum Gasteiger partial charge on any atom is 0.147 e. The third-order valence-electron chi connectivity index (χ3n) is 3.18. The highest BCUT2D eigenvalue weighted by Gasteiger charge is 2.24. The van der Waals surface area contributed by atoms with E-state index in [4.69, 9.17) is 11.6 Å². The first kappa shape index (κ1) is 14.9. The summed E-state index contributed by atoms with van der Waals surface area (Å²) in [5.74, 6) is 0.931. The van der Waals surface area contributed by atoms with Crippen molar-refractivity contribution in [2.24, 2.45) is 0 Å². The van der Waals surface area contributed by atoms with E-state index in [0.717, 1.165) is 42.6 Å². The smallest absolute Gasteiger partial charge is 0.147 e. The van der Waals surface area contributed by atoms with Gasteiger partial charge >= 0.3 is 0 Å². The van der Waals surface area contributed by atoms with Gasteiger partial charge in [-0.2, -0.15) is 11.8 Å². The van der Waals surface area contributed by atoms with Crippen molar-refractivity contribution in [1.82, 2.24) is 10.3 Å². The molecule has 5 heteroatoms. The number of thioether (sulfide) groups is 1.